The Bertz CT molecular complexity index is 586. The SMILES string of the molecule is CCOP(=O)(CNC(=O)C(C)NC(=O)OCc1ccccc1)OCC. The van der Waals surface area contributed by atoms with E-state index in [9.17, 15) is 14.2 Å². The van der Waals surface area contributed by atoms with Crippen LogP contribution >= 0.6 is 7.60 Å². The largest absolute Gasteiger partial charge is 0.445 e. The van der Waals surface area contributed by atoms with Crippen LogP contribution in [-0.4, -0.2) is 37.5 Å². The molecule has 0 aromatic heterocycles. The Morgan fingerprint density at radius 3 is 2.28 bits per heavy atom. The maximum absolute atomic E-state index is 12.3. The van der Waals surface area contributed by atoms with Crippen molar-refractivity contribution in [1.82, 2.24) is 10.6 Å². The topological polar surface area (TPSA) is 103 Å². The van der Waals surface area contributed by atoms with Crippen molar-refractivity contribution in [3.63, 3.8) is 0 Å². The lowest BCUT2D eigenvalue weighted by atomic mass is 10.2. The van der Waals surface area contributed by atoms with Crippen LogP contribution in [0.5, 0.6) is 0 Å². The van der Waals surface area contributed by atoms with E-state index in [1.54, 1.807) is 13.8 Å². The highest BCUT2D eigenvalue weighted by Crippen LogP contribution is 2.46. The van der Waals surface area contributed by atoms with Gasteiger partial charge in [-0.25, -0.2) is 4.79 Å². The van der Waals surface area contributed by atoms with E-state index in [-0.39, 0.29) is 26.1 Å². The van der Waals surface area contributed by atoms with E-state index in [4.69, 9.17) is 13.8 Å². The van der Waals surface area contributed by atoms with Gasteiger partial charge in [0.05, 0.1) is 13.2 Å². The summed E-state index contributed by atoms with van der Waals surface area (Å²) in [4.78, 5) is 23.7. The van der Waals surface area contributed by atoms with Crippen LogP contribution in [0.2, 0.25) is 0 Å². The summed E-state index contributed by atoms with van der Waals surface area (Å²) in [5.74, 6) is -0.517. The highest BCUT2D eigenvalue weighted by molar-refractivity contribution is 7.53. The highest BCUT2D eigenvalue weighted by atomic mass is 31.2. The lowest BCUT2D eigenvalue weighted by Crippen LogP contribution is -2.45. The van der Waals surface area contributed by atoms with Gasteiger partial charge in [-0.1, -0.05) is 30.3 Å². The first-order valence-corrected chi connectivity index (χ1v) is 9.76. The number of amides is 2. The summed E-state index contributed by atoms with van der Waals surface area (Å²) in [6, 6.07) is 8.31. The van der Waals surface area contributed by atoms with Crippen LogP contribution in [0.25, 0.3) is 0 Å². The molecular weight excluding hydrogens is 347 g/mol. The summed E-state index contributed by atoms with van der Waals surface area (Å²) in [5.41, 5.74) is 0.837. The number of hydrogen-bond acceptors (Lipinski definition) is 6. The monoisotopic (exact) mass is 372 g/mol. The molecule has 2 amide bonds. The normalized spacial score (nSPS) is 12.3. The van der Waals surface area contributed by atoms with Gasteiger partial charge in [0, 0.05) is 0 Å². The standard InChI is InChI=1S/C16H25N2O6P/c1-4-23-25(21,24-5-2)12-17-15(19)13(3)18-16(20)22-11-14-9-7-6-8-10-14/h6-10,13H,4-5,11-12H2,1-3H3,(H,17,19)(H,18,20). The molecule has 0 fully saturated rings. The van der Waals surface area contributed by atoms with Crippen molar-refractivity contribution in [2.24, 2.45) is 0 Å². The zero-order valence-corrected chi connectivity index (χ0v) is 15.6. The first-order valence-electron chi connectivity index (χ1n) is 8.03. The van der Waals surface area contributed by atoms with Crippen LogP contribution in [0.3, 0.4) is 0 Å². The minimum Gasteiger partial charge on any atom is -0.445 e. The van der Waals surface area contributed by atoms with Gasteiger partial charge in [0.25, 0.3) is 0 Å². The maximum atomic E-state index is 12.3. The maximum Gasteiger partial charge on any atom is 0.408 e. The van der Waals surface area contributed by atoms with E-state index in [0.717, 1.165) is 5.56 Å². The molecule has 0 heterocycles. The predicted molar refractivity (Wildman–Crippen MR) is 93.1 cm³/mol. The fraction of sp³-hybridized carbons (Fsp3) is 0.500. The molecule has 140 valence electrons. The Morgan fingerprint density at radius 1 is 1.12 bits per heavy atom. The Balaban J connectivity index is 2.39. The van der Waals surface area contributed by atoms with E-state index in [2.05, 4.69) is 10.6 Å². The van der Waals surface area contributed by atoms with Crippen molar-refractivity contribution in [1.29, 1.82) is 0 Å². The molecule has 1 aromatic carbocycles. The third-order valence-electron chi connectivity index (χ3n) is 3.04. The van der Waals surface area contributed by atoms with Crippen LogP contribution in [0.4, 0.5) is 4.79 Å². The van der Waals surface area contributed by atoms with Crippen molar-refractivity contribution >= 4 is 19.6 Å². The molecule has 0 radical (unpaired) electrons. The molecule has 0 aliphatic carbocycles. The number of carbonyl (C=O) groups is 2. The first-order chi connectivity index (χ1) is 11.9. The second-order valence-corrected chi connectivity index (χ2v) is 7.13. The van der Waals surface area contributed by atoms with Crippen molar-refractivity contribution in [2.45, 2.75) is 33.4 Å². The van der Waals surface area contributed by atoms with Gasteiger partial charge in [0.2, 0.25) is 5.91 Å². The number of carbonyl (C=O) groups excluding carboxylic acids is 2. The fourth-order valence-corrected chi connectivity index (χ4v) is 3.25. The van der Waals surface area contributed by atoms with Gasteiger partial charge in [-0.2, -0.15) is 0 Å². The summed E-state index contributed by atoms with van der Waals surface area (Å²) in [7, 11) is -3.38. The Morgan fingerprint density at radius 2 is 1.72 bits per heavy atom. The Hall–Kier alpha value is -1.89. The molecule has 0 aliphatic heterocycles. The minimum absolute atomic E-state index is 0.102. The third kappa shape index (κ3) is 8.16. The van der Waals surface area contributed by atoms with Gasteiger partial charge < -0.3 is 24.4 Å². The van der Waals surface area contributed by atoms with Gasteiger partial charge >= 0.3 is 13.7 Å². The van der Waals surface area contributed by atoms with Gasteiger partial charge in [-0.3, -0.25) is 9.36 Å². The lowest BCUT2D eigenvalue weighted by Gasteiger charge is -2.19. The molecule has 1 aromatic rings. The Kier molecular flexibility index (Phi) is 9.20. The van der Waals surface area contributed by atoms with E-state index in [1.165, 1.54) is 6.92 Å². The van der Waals surface area contributed by atoms with Gasteiger partial charge in [0.15, 0.2) is 0 Å². The molecular formula is C16H25N2O6P. The van der Waals surface area contributed by atoms with Gasteiger partial charge in [-0.05, 0) is 26.3 Å². The van der Waals surface area contributed by atoms with Crippen LogP contribution in [-0.2, 0) is 29.8 Å². The van der Waals surface area contributed by atoms with Crippen molar-refractivity contribution in [3.05, 3.63) is 35.9 Å². The van der Waals surface area contributed by atoms with Crippen LogP contribution < -0.4 is 10.6 Å². The molecule has 0 spiro atoms. The predicted octanol–water partition coefficient (Wildman–Crippen LogP) is 2.64. The lowest BCUT2D eigenvalue weighted by molar-refractivity contribution is -0.122. The second kappa shape index (κ2) is 10.9. The van der Waals surface area contributed by atoms with E-state index in [0.29, 0.717) is 0 Å². The number of nitrogens with one attached hydrogen (secondary N) is 2. The summed E-state index contributed by atoms with van der Waals surface area (Å²) < 4.78 is 27.4. The summed E-state index contributed by atoms with van der Waals surface area (Å²) in [6.45, 7) is 5.36. The van der Waals surface area contributed by atoms with E-state index < -0.39 is 25.6 Å². The number of rotatable bonds is 10. The second-order valence-electron chi connectivity index (χ2n) is 5.07. The molecule has 0 bridgehead atoms. The molecule has 1 unspecified atom stereocenters. The molecule has 2 N–H and O–H groups in total. The van der Waals surface area contributed by atoms with E-state index >= 15 is 0 Å². The number of hydrogen-bond donors (Lipinski definition) is 2. The summed E-state index contributed by atoms with van der Waals surface area (Å²) >= 11 is 0. The molecule has 1 rings (SSSR count). The summed E-state index contributed by atoms with van der Waals surface area (Å²) in [5, 5.41) is 4.86. The zero-order chi connectivity index (χ0) is 18.7. The van der Waals surface area contributed by atoms with E-state index in [1.807, 2.05) is 30.3 Å². The van der Waals surface area contributed by atoms with Crippen LogP contribution in [0.15, 0.2) is 30.3 Å². The number of alkyl carbamates (subject to hydrolysis) is 1. The average Bonchev–Trinajstić information content (AvgIpc) is 2.59. The van der Waals surface area contributed by atoms with Crippen LogP contribution in [0, 0.1) is 0 Å². The summed E-state index contributed by atoms with van der Waals surface area (Å²) in [6.07, 6.45) is -0.984. The van der Waals surface area contributed by atoms with Crippen molar-refractivity contribution < 1.29 is 27.9 Å². The average molecular weight is 372 g/mol. The molecule has 0 saturated heterocycles. The molecule has 0 aliphatic rings. The quantitative estimate of drug-likeness (QED) is 0.612. The minimum atomic E-state index is -3.38. The molecule has 1 atom stereocenters. The molecule has 9 heteroatoms. The van der Waals surface area contributed by atoms with Gasteiger partial charge in [-0.15, -0.1) is 0 Å². The smallest absolute Gasteiger partial charge is 0.408 e. The van der Waals surface area contributed by atoms with Crippen LogP contribution in [0.1, 0.15) is 26.3 Å². The highest BCUT2D eigenvalue weighted by Gasteiger charge is 2.26. The molecule has 25 heavy (non-hydrogen) atoms. The fourth-order valence-electron chi connectivity index (χ4n) is 1.86. The van der Waals surface area contributed by atoms with Gasteiger partial charge in [0.1, 0.15) is 18.9 Å². The third-order valence-corrected chi connectivity index (χ3v) is 4.89. The van der Waals surface area contributed by atoms with Crippen molar-refractivity contribution in [3.8, 4) is 0 Å². The number of ether oxygens (including phenoxy) is 1. The Labute approximate surface area is 147 Å². The zero-order valence-electron chi connectivity index (χ0n) is 14.7. The molecule has 8 nitrogen and oxygen atoms in total. The number of benzene rings is 1. The molecule has 0 saturated carbocycles. The first kappa shape index (κ1) is 21.2. The van der Waals surface area contributed by atoms with Crippen molar-refractivity contribution in [2.75, 3.05) is 19.5 Å².